The minimum absolute atomic E-state index is 0. The van der Waals surface area contributed by atoms with Crippen LogP contribution in [0.1, 0.15) is 67.7 Å². The second-order valence-corrected chi connectivity index (χ2v) is 13.1. The third-order valence-corrected chi connectivity index (χ3v) is 8.81. The summed E-state index contributed by atoms with van der Waals surface area (Å²) in [6.07, 6.45) is -2.84. The van der Waals surface area contributed by atoms with Crippen LogP contribution < -0.4 is 16.0 Å². The predicted molar refractivity (Wildman–Crippen MR) is 220 cm³/mol. The van der Waals surface area contributed by atoms with E-state index in [9.17, 15) is 19.2 Å². The zero-order chi connectivity index (χ0) is 43.5. The summed E-state index contributed by atoms with van der Waals surface area (Å²) in [7, 11) is 1.91. The van der Waals surface area contributed by atoms with Gasteiger partial charge in [-0.25, -0.2) is 19.6 Å². The largest absolute Gasteiger partial charge is 0.479 e. The van der Waals surface area contributed by atoms with Gasteiger partial charge in [0.2, 0.25) is 0 Å². The number of esters is 1. The number of carbonyl (C=O) groups is 4. The first-order valence-electron chi connectivity index (χ1n) is 19.0. The molecule has 4 atom stereocenters. The van der Waals surface area contributed by atoms with Crippen molar-refractivity contribution in [1.29, 1.82) is 0 Å². The van der Waals surface area contributed by atoms with Crippen molar-refractivity contribution in [1.82, 2.24) is 14.5 Å². The highest BCUT2D eigenvalue weighted by atomic mass is 16.5. The van der Waals surface area contributed by atoms with Crippen molar-refractivity contribution in [2.75, 3.05) is 36.6 Å². The Morgan fingerprint density at radius 2 is 1.63 bits per heavy atom. The minimum atomic E-state index is -2.20. The van der Waals surface area contributed by atoms with Crippen molar-refractivity contribution in [2.24, 2.45) is 17.8 Å². The number of amidine groups is 1. The highest BCUT2D eigenvalue weighted by molar-refractivity contribution is 6.07. The molecule has 11 N–H and O–H groups in total. The Labute approximate surface area is 346 Å². The molecule has 2 aromatic heterocycles. The van der Waals surface area contributed by atoms with Gasteiger partial charge in [-0.05, 0) is 67.9 Å². The van der Waals surface area contributed by atoms with Crippen LogP contribution >= 0.6 is 0 Å². The summed E-state index contributed by atoms with van der Waals surface area (Å²) in [6.45, 7) is 4.17. The van der Waals surface area contributed by atoms with Gasteiger partial charge in [0, 0.05) is 36.6 Å². The van der Waals surface area contributed by atoms with Gasteiger partial charge in [-0.15, -0.1) is 0 Å². The van der Waals surface area contributed by atoms with E-state index < -0.39 is 43.1 Å². The highest BCUT2D eigenvalue weighted by Crippen LogP contribution is 2.22. The molecule has 0 bridgehead atoms. The lowest BCUT2D eigenvalue weighted by molar-refractivity contribution is -0.164. The molecule has 0 aliphatic carbocycles. The molecule has 0 fully saturated rings. The van der Waals surface area contributed by atoms with Crippen molar-refractivity contribution in [3.63, 3.8) is 0 Å². The summed E-state index contributed by atoms with van der Waals surface area (Å²) in [6, 6.07) is 17.9. The van der Waals surface area contributed by atoms with Gasteiger partial charge < -0.3 is 61.2 Å². The Kier molecular flexibility index (Phi) is 21.3. The molecule has 60 heavy (non-hydrogen) atoms. The van der Waals surface area contributed by atoms with Crippen molar-refractivity contribution in [3.8, 4) is 0 Å². The molecule has 0 radical (unpaired) electrons. The SMILES string of the molecule is CCCCCCOC(=O)/N=C(\N)c1ccc(NCc2nc3cc(C(=O)N(CCC(=O)OCC)c4ccccn4)ccc3n2C)cc1.O.O=C(O)C(O)C(O)C(O)C(O)CO. The number of anilines is 2. The molecule has 4 unspecified atom stereocenters. The third-order valence-electron chi connectivity index (χ3n) is 8.81. The third kappa shape index (κ3) is 15.0. The number of aliphatic carboxylic acids is 1. The summed E-state index contributed by atoms with van der Waals surface area (Å²) >= 11 is 0. The van der Waals surface area contributed by atoms with E-state index >= 15 is 0 Å². The number of amides is 2. The number of carboxylic acids is 1. The molecule has 0 aliphatic heterocycles. The lowest BCUT2D eigenvalue weighted by Crippen LogP contribution is -2.48. The second-order valence-electron chi connectivity index (χ2n) is 13.1. The molecule has 328 valence electrons. The van der Waals surface area contributed by atoms with Crippen LogP contribution in [0.15, 0.2) is 71.9 Å². The van der Waals surface area contributed by atoms with E-state index in [1.807, 2.05) is 29.8 Å². The van der Waals surface area contributed by atoms with Crippen molar-refractivity contribution in [2.45, 2.75) is 76.9 Å². The zero-order valence-electron chi connectivity index (χ0n) is 33.7. The predicted octanol–water partition coefficient (Wildman–Crippen LogP) is 1.28. The van der Waals surface area contributed by atoms with Crippen LogP contribution in [0.5, 0.6) is 0 Å². The van der Waals surface area contributed by atoms with Crippen molar-refractivity contribution < 1.29 is 64.8 Å². The number of hydrogen-bond donors (Lipinski definition) is 8. The number of carbonyl (C=O) groups excluding carboxylic acids is 3. The van der Waals surface area contributed by atoms with Crippen molar-refractivity contribution >= 4 is 52.3 Å². The average Bonchev–Trinajstić information content (AvgIpc) is 3.56. The molecular formula is C40H55N7O13. The number of fused-ring (bicyclic) bond motifs is 1. The maximum absolute atomic E-state index is 13.6. The Morgan fingerprint density at radius 1 is 0.933 bits per heavy atom. The number of imidazole rings is 1. The topological polar surface area (TPSA) is 324 Å². The van der Waals surface area contributed by atoms with E-state index in [0.717, 1.165) is 42.7 Å². The van der Waals surface area contributed by atoms with E-state index in [4.69, 9.17) is 50.8 Å². The highest BCUT2D eigenvalue weighted by Gasteiger charge is 2.34. The lowest BCUT2D eigenvalue weighted by atomic mass is 10.0. The first kappa shape index (κ1) is 50.1. The van der Waals surface area contributed by atoms with Gasteiger partial charge in [0.25, 0.3) is 5.91 Å². The molecule has 0 aliphatic rings. The number of nitrogens with zero attached hydrogens (tertiary/aromatic N) is 5. The van der Waals surface area contributed by atoms with Gasteiger partial charge >= 0.3 is 18.0 Å². The number of nitrogens with two attached hydrogens (primary N) is 1. The Bertz CT molecular complexity index is 1990. The first-order chi connectivity index (χ1) is 28.2. The standard InChI is InChI=1S/C34H41N7O5.C6H12O7.H2O/c1-4-6-7-10-21-46-34(44)39-32(35)24-12-15-26(16-13-24)37-23-30-38-27-22-25(14-17-28(27)40(30)3)33(43)41(20-18-31(42)45-5-2)29-11-8-9-19-36-29;7-1-2(8)3(9)4(10)5(11)6(12)13;/h8-9,11-17,19,22,37H,4-7,10,18,20-21,23H2,1-3H3,(H2,35,39,44);2-5,7-11H,1H2,(H,12,13);1H2. The van der Waals surface area contributed by atoms with E-state index in [2.05, 4.69) is 22.2 Å². The van der Waals surface area contributed by atoms with Gasteiger partial charge in [0.15, 0.2) is 6.10 Å². The fourth-order valence-corrected chi connectivity index (χ4v) is 5.46. The van der Waals surface area contributed by atoms with E-state index in [-0.39, 0.29) is 42.8 Å². The van der Waals surface area contributed by atoms with Crippen molar-refractivity contribution in [3.05, 3.63) is 83.8 Å². The monoisotopic (exact) mass is 841 g/mol. The summed E-state index contributed by atoms with van der Waals surface area (Å²) in [5.41, 5.74) is 9.40. The lowest BCUT2D eigenvalue weighted by Gasteiger charge is -2.23. The van der Waals surface area contributed by atoms with Gasteiger partial charge in [0.05, 0.1) is 43.8 Å². The second kappa shape index (κ2) is 25.5. The van der Waals surface area contributed by atoms with E-state index in [0.29, 0.717) is 35.6 Å². The summed E-state index contributed by atoms with van der Waals surface area (Å²) in [5, 5.41) is 55.2. The Morgan fingerprint density at radius 3 is 2.25 bits per heavy atom. The number of aliphatic imine (C=N–C) groups is 1. The van der Waals surface area contributed by atoms with Crippen LogP contribution in [0, 0.1) is 0 Å². The maximum Gasteiger partial charge on any atom is 0.435 e. The van der Waals surface area contributed by atoms with Crippen LogP contribution in [0.25, 0.3) is 11.0 Å². The van der Waals surface area contributed by atoms with E-state index in [1.165, 1.54) is 4.90 Å². The molecule has 20 heteroatoms. The number of carboxylic acid groups (broad SMARTS) is 1. The molecule has 4 rings (SSSR count). The summed E-state index contributed by atoms with van der Waals surface area (Å²) < 4.78 is 12.1. The van der Waals surface area contributed by atoms with Gasteiger partial charge in [-0.2, -0.15) is 4.99 Å². The smallest absolute Gasteiger partial charge is 0.435 e. The molecule has 2 heterocycles. The molecule has 0 spiro atoms. The summed E-state index contributed by atoms with van der Waals surface area (Å²) in [5.74, 6) is -1.11. The molecule has 20 nitrogen and oxygen atoms in total. The molecule has 0 saturated carbocycles. The van der Waals surface area contributed by atoms with Crippen LogP contribution in [0.3, 0.4) is 0 Å². The molecular weight excluding hydrogens is 786 g/mol. The number of aliphatic hydroxyl groups is 5. The molecule has 2 aromatic carbocycles. The number of aryl methyl sites for hydroxylation is 1. The molecule has 4 aromatic rings. The number of hydrogen-bond acceptors (Lipinski definition) is 14. The Balaban J connectivity index is 0.000000764. The fraction of sp³-hybridized carbons (Fsp3) is 0.425. The normalized spacial score (nSPS) is 13.1. The van der Waals surface area contributed by atoms with Gasteiger partial charge in [-0.3, -0.25) is 14.5 Å². The number of pyridine rings is 1. The number of nitrogens with one attached hydrogen (secondary N) is 1. The van der Waals surface area contributed by atoms with Gasteiger partial charge in [-0.1, -0.05) is 32.3 Å². The summed E-state index contributed by atoms with van der Waals surface area (Å²) in [4.78, 5) is 62.1. The first-order valence-corrected chi connectivity index (χ1v) is 19.0. The van der Waals surface area contributed by atoms with Gasteiger partial charge in [0.1, 0.15) is 35.8 Å². The van der Waals surface area contributed by atoms with Crippen LogP contribution in [-0.2, 0) is 32.7 Å². The number of unbranched alkanes of at least 4 members (excludes halogenated alkanes) is 3. The average molecular weight is 842 g/mol. The number of rotatable bonds is 20. The number of benzene rings is 2. The Hall–Kier alpha value is -6.03. The van der Waals surface area contributed by atoms with Crippen LogP contribution in [0.2, 0.25) is 0 Å². The fourth-order valence-electron chi connectivity index (χ4n) is 5.46. The number of aromatic nitrogens is 3. The van der Waals surface area contributed by atoms with Crippen LogP contribution in [-0.4, -0.2) is 131 Å². The minimum Gasteiger partial charge on any atom is -0.479 e. The van der Waals surface area contributed by atoms with E-state index in [1.54, 1.807) is 55.6 Å². The molecule has 2 amide bonds. The number of ether oxygens (including phenoxy) is 2. The number of aliphatic hydroxyl groups excluding tert-OH is 5. The zero-order valence-corrected chi connectivity index (χ0v) is 33.7. The molecule has 0 saturated heterocycles. The maximum atomic E-state index is 13.6. The quantitative estimate of drug-likeness (QED) is 0.0269. The van der Waals surface area contributed by atoms with Crippen LogP contribution in [0.4, 0.5) is 16.3 Å².